The van der Waals surface area contributed by atoms with Crippen LogP contribution in [0.4, 0.5) is 5.82 Å². The topological polar surface area (TPSA) is 46.1 Å². The normalized spacial score (nSPS) is 18.5. The molecule has 6 heteroatoms. The first-order valence-corrected chi connectivity index (χ1v) is 6.61. The molecule has 2 rings (SSSR count). The Balaban J connectivity index is 2.16. The molecule has 2 heterocycles. The zero-order valence-electron chi connectivity index (χ0n) is 7.52. The van der Waals surface area contributed by atoms with Crippen molar-refractivity contribution >= 4 is 32.5 Å². The van der Waals surface area contributed by atoms with E-state index in [2.05, 4.69) is 30.8 Å². The second kappa shape index (κ2) is 4.35. The fraction of sp³-hybridized carbons (Fsp3) is 0.500. The van der Waals surface area contributed by atoms with Crippen LogP contribution < -0.4 is 4.90 Å². The smallest absolute Gasteiger partial charge is 0.146 e. The van der Waals surface area contributed by atoms with E-state index < -0.39 is 10.8 Å². The van der Waals surface area contributed by atoms with Crippen molar-refractivity contribution in [2.45, 2.75) is 0 Å². The van der Waals surface area contributed by atoms with Crippen LogP contribution in [0.15, 0.2) is 17.0 Å². The summed E-state index contributed by atoms with van der Waals surface area (Å²) in [5.41, 5.74) is 0. The summed E-state index contributed by atoms with van der Waals surface area (Å²) < 4.78 is 12.1. The molecule has 1 fully saturated rings. The van der Waals surface area contributed by atoms with Gasteiger partial charge in [-0.1, -0.05) is 0 Å². The number of rotatable bonds is 1. The third kappa shape index (κ3) is 2.12. The quantitative estimate of drug-likeness (QED) is 0.761. The van der Waals surface area contributed by atoms with Crippen LogP contribution in [0, 0.1) is 0 Å². The summed E-state index contributed by atoms with van der Waals surface area (Å²) >= 11 is 3.40. The number of anilines is 1. The molecule has 76 valence electrons. The Morgan fingerprint density at radius 1 is 1.43 bits per heavy atom. The zero-order chi connectivity index (χ0) is 9.97. The Hall–Kier alpha value is -0.490. The Kier molecular flexibility index (Phi) is 3.12. The molecule has 0 radical (unpaired) electrons. The van der Waals surface area contributed by atoms with Crippen molar-refractivity contribution in [1.29, 1.82) is 0 Å². The van der Waals surface area contributed by atoms with E-state index >= 15 is 0 Å². The van der Waals surface area contributed by atoms with Gasteiger partial charge in [0.2, 0.25) is 0 Å². The molecule has 4 nitrogen and oxygen atoms in total. The molecule has 14 heavy (non-hydrogen) atoms. The van der Waals surface area contributed by atoms with Crippen LogP contribution in [0.2, 0.25) is 0 Å². The fourth-order valence-corrected chi connectivity index (χ4v) is 2.91. The van der Waals surface area contributed by atoms with Gasteiger partial charge in [0.15, 0.2) is 0 Å². The molecule has 0 spiro atoms. The van der Waals surface area contributed by atoms with Crippen molar-refractivity contribution in [2.24, 2.45) is 0 Å². The molecule has 0 aromatic carbocycles. The standard InChI is InChI=1S/C8H10BrN3OS/c9-7-5-10-6-11-8(7)12-1-3-14(13)4-2-12/h5-6H,1-4H2. The van der Waals surface area contributed by atoms with Crippen molar-refractivity contribution in [1.82, 2.24) is 9.97 Å². The van der Waals surface area contributed by atoms with E-state index in [1.165, 1.54) is 6.33 Å². The van der Waals surface area contributed by atoms with Crippen molar-refractivity contribution < 1.29 is 4.21 Å². The first-order chi connectivity index (χ1) is 6.77. The van der Waals surface area contributed by atoms with Gasteiger partial charge in [-0.15, -0.1) is 0 Å². The Morgan fingerprint density at radius 3 is 2.79 bits per heavy atom. The highest BCUT2D eigenvalue weighted by atomic mass is 79.9. The van der Waals surface area contributed by atoms with Gasteiger partial charge < -0.3 is 4.90 Å². The summed E-state index contributed by atoms with van der Waals surface area (Å²) in [4.78, 5) is 10.2. The maximum atomic E-state index is 11.2. The Morgan fingerprint density at radius 2 is 2.14 bits per heavy atom. The van der Waals surface area contributed by atoms with E-state index in [4.69, 9.17) is 0 Å². The van der Waals surface area contributed by atoms with Crippen LogP contribution in [0.1, 0.15) is 0 Å². The largest absolute Gasteiger partial charge is 0.354 e. The minimum atomic E-state index is -0.642. The monoisotopic (exact) mass is 275 g/mol. The highest BCUT2D eigenvalue weighted by Gasteiger charge is 2.18. The highest BCUT2D eigenvalue weighted by Crippen LogP contribution is 2.22. The maximum Gasteiger partial charge on any atom is 0.146 e. The summed E-state index contributed by atoms with van der Waals surface area (Å²) in [6.45, 7) is 1.62. The van der Waals surface area contributed by atoms with Gasteiger partial charge in [0.1, 0.15) is 12.1 Å². The SMILES string of the molecule is O=S1CCN(c2ncncc2Br)CC1. The van der Waals surface area contributed by atoms with E-state index in [0.29, 0.717) is 0 Å². The number of halogens is 1. The molecule has 1 aromatic rings. The van der Waals surface area contributed by atoms with Gasteiger partial charge >= 0.3 is 0 Å². The number of nitrogens with zero attached hydrogens (tertiary/aromatic N) is 3. The number of hydrogen-bond acceptors (Lipinski definition) is 4. The average Bonchev–Trinajstić information content (AvgIpc) is 2.20. The maximum absolute atomic E-state index is 11.2. The van der Waals surface area contributed by atoms with E-state index in [-0.39, 0.29) is 0 Å². The van der Waals surface area contributed by atoms with E-state index in [1.54, 1.807) is 6.20 Å². The van der Waals surface area contributed by atoms with Gasteiger partial charge in [0, 0.05) is 41.6 Å². The van der Waals surface area contributed by atoms with Crippen LogP contribution in [-0.2, 0) is 10.8 Å². The minimum Gasteiger partial charge on any atom is -0.354 e. The molecule has 0 atom stereocenters. The minimum absolute atomic E-state index is 0.642. The van der Waals surface area contributed by atoms with Crippen molar-refractivity contribution in [2.75, 3.05) is 29.5 Å². The van der Waals surface area contributed by atoms with Crippen molar-refractivity contribution in [3.8, 4) is 0 Å². The number of aromatic nitrogens is 2. The molecular formula is C8H10BrN3OS. The molecule has 0 bridgehead atoms. The molecule has 0 amide bonds. The van der Waals surface area contributed by atoms with Crippen LogP contribution in [-0.4, -0.2) is 38.8 Å². The van der Waals surface area contributed by atoms with Crippen LogP contribution in [0.5, 0.6) is 0 Å². The zero-order valence-corrected chi connectivity index (χ0v) is 9.92. The lowest BCUT2D eigenvalue weighted by Crippen LogP contribution is -2.38. The number of hydrogen-bond donors (Lipinski definition) is 0. The molecule has 1 aliphatic rings. The summed E-state index contributed by atoms with van der Waals surface area (Å²) in [5.74, 6) is 2.36. The molecule has 0 N–H and O–H groups in total. The van der Waals surface area contributed by atoms with Gasteiger partial charge in [-0.05, 0) is 15.9 Å². The summed E-state index contributed by atoms with van der Waals surface area (Å²) in [6.07, 6.45) is 3.26. The third-order valence-electron chi connectivity index (χ3n) is 2.13. The predicted molar refractivity (Wildman–Crippen MR) is 59.8 cm³/mol. The second-order valence-electron chi connectivity index (χ2n) is 3.03. The van der Waals surface area contributed by atoms with E-state index in [0.717, 1.165) is 34.9 Å². The molecule has 1 aliphatic heterocycles. The van der Waals surface area contributed by atoms with Gasteiger partial charge in [-0.3, -0.25) is 4.21 Å². The molecule has 1 saturated heterocycles. The van der Waals surface area contributed by atoms with Crippen molar-refractivity contribution in [3.63, 3.8) is 0 Å². The lowest BCUT2D eigenvalue weighted by Gasteiger charge is -2.27. The van der Waals surface area contributed by atoms with E-state index in [9.17, 15) is 4.21 Å². The molecule has 0 unspecified atom stereocenters. The lowest BCUT2D eigenvalue weighted by molar-refractivity contribution is 0.672. The Labute approximate surface area is 93.3 Å². The van der Waals surface area contributed by atoms with Gasteiger partial charge in [-0.2, -0.15) is 0 Å². The van der Waals surface area contributed by atoms with Crippen molar-refractivity contribution in [3.05, 3.63) is 17.0 Å². The average molecular weight is 276 g/mol. The first-order valence-electron chi connectivity index (χ1n) is 4.33. The van der Waals surface area contributed by atoms with Crippen LogP contribution in [0.3, 0.4) is 0 Å². The van der Waals surface area contributed by atoms with Crippen LogP contribution in [0.25, 0.3) is 0 Å². The molecular weight excluding hydrogens is 266 g/mol. The third-order valence-corrected chi connectivity index (χ3v) is 3.96. The molecule has 1 aromatic heterocycles. The van der Waals surface area contributed by atoms with Gasteiger partial charge in [0.05, 0.1) is 4.47 Å². The van der Waals surface area contributed by atoms with Gasteiger partial charge in [-0.25, -0.2) is 9.97 Å². The van der Waals surface area contributed by atoms with Crippen LogP contribution >= 0.6 is 15.9 Å². The Bertz CT molecular complexity index is 350. The fourth-order valence-electron chi connectivity index (χ4n) is 1.39. The highest BCUT2D eigenvalue weighted by molar-refractivity contribution is 9.10. The lowest BCUT2D eigenvalue weighted by atomic mass is 10.4. The van der Waals surface area contributed by atoms with Gasteiger partial charge in [0.25, 0.3) is 0 Å². The summed E-state index contributed by atoms with van der Waals surface area (Å²) in [6, 6.07) is 0. The predicted octanol–water partition coefficient (Wildman–Crippen LogP) is 0.808. The molecule has 0 aliphatic carbocycles. The summed E-state index contributed by atoms with van der Waals surface area (Å²) in [7, 11) is -0.642. The molecule has 0 saturated carbocycles. The first kappa shape index (κ1) is 10.0. The second-order valence-corrected chi connectivity index (χ2v) is 5.58. The summed E-state index contributed by atoms with van der Waals surface area (Å²) in [5, 5.41) is 0. The van der Waals surface area contributed by atoms with E-state index in [1.807, 2.05) is 0 Å².